The van der Waals surface area contributed by atoms with Crippen LogP contribution in [0.4, 0.5) is 0 Å². The number of aliphatic hydroxyl groups is 1. The zero-order valence-corrected chi connectivity index (χ0v) is 10.3. The fourth-order valence-electron chi connectivity index (χ4n) is 1.65. The van der Waals surface area contributed by atoms with Crippen molar-refractivity contribution in [2.45, 2.75) is 32.4 Å². The Morgan fingerprint density at radius 2 is 2.41 bits per heavy atom. The van der Waals surface area contributed by atoms with Gasteiger partial charge in [0.05, 0.1) is 25.5 Å². The van der Waals surface area contributed by atoms with Gasteiger partial charge in [0, 0.05) is 13.2 Å². The summed E-state index contributed by atoms with van der Waals surface area (Å²) >= 11 is 0. The van der Waals surface area contributed by atoms with Gasteiger partial charge >= 0.3 is 0 Å². The van der Waals surface area contributed by atoms with E-state index in [1.807, 2.05) is 13.0 Å². The molecule has 2 rings (SSSR count). The first-order valence-corrected chi connectivity index (χ1v) is 6.25. The molecule has 0 aromatic carbocycles. The topological polar surface area (TPSA) is 54.6 Å². The number of ether oxygens (including phenoxy) is 1. The Kier molecular flexibility index (Phi) is 4.59. The third kappa shape index (κ3) is 4.50. The first-order valence-electron chi connectivity index (χ1n) is 6.25. The van der Waals surface area contributed by atoms with Crippen molar-refractivity contribution in [3.63, 3.8) is 0 Å². The van der Waals surface area contributed by atoms with Gasteiger partial charge < -0.3 is 19.6 Å². The SMILES string of the molecule is Cc1ccoc1CNCC(O)COCC1CC1. The summed E-state index contributed by atoms with van der Waals surface area (Å²) in [7, 11) is 0. The lowest BCUT2D eigenvalue weighted by atomic mass is 10.3. The first kappa shape index (κ1) is 12.6. The molecule has 0 spiro atoms. The quantitative estimate of drug-likeness (QED) is 0.721. The minimum Gasteiger partial charge on any atom is -0.468 e. The highest BCUT2D eigenvalue weighted by Crippen LogP contribution is 2.28. The van der Waals surface area contributed by atoms with Crippen molar-refractivity contribution in [3.05, 3.63) is 23.7 Å². The van der Waals surface area contributed by atoms with Crippen molar-refractivity contribution >= 4 is 0 Å². The van der Waals surface area contributed by atoms with E-state index in [0.29, 0.717) is 19.7 Å². The van der Waals surface area contributed by atoms with Gasteiger partial charge in [0.2, 0.25) is 0 Å². The molecule has 1 heterocycles. The van der Waals surface area contributed by atoms with E-state index in [4.69, 9.17) is 9.15 Å². The zero-order valence-electron chi connectivity index (χ0n) is 10.3. The molecule has 1 aliphatic carbocycles. The third-order valence-corrected chi connectivity index (χ3v) is 2.99. The number of hydrogen-bond donors (Lipinski definition) is 2. The highest BCUT2D eigenvalue weighted by Gasteiger charge is 2.21. The molecule has 1 aromatic rings. The molecule has 4 nitrogen and oxygen atoms in total. The van der Waals surface area contributed by atoms with Crippen molar-refractivity contribution in [1.29, 1.82) is 0 Å². The summed E-state index contributed by atoms with van der Waals surface area (Å²) in [5.41, 5.74) is 1.14. The van der Waals surface area contributed by atoms with Crippen LogP contribution in [0.3, 0.4) is 0 Å². The standard InChI is InChI=1S/C13H21NO3/c1-10-4-5-17-13(10)7-14-6-12(15)9-16-8-11-2-3-11/h4-5,11-12,14-15H,2-3,6-9H2,1H3. The molecule has 1 atom stereocenters. The van der Waals surface area contributed by atoms with Crippen LogP contribution in [0.25, 0.3) is 0 Å². The van der Waals surface area contributed by atoms with E-state index in [9.17, 15) is 5.11 Å². The van der Waals surface area contributed by atoms with Crippen LogP contribution in [0.2, 0.25) is 0 Å². The van der Waals surface area contributed by atoms with Crippen molar-refractivity contribution < 1.29 is 14.3 Å². The fourth-order valence-corrected chi connectivity index (χ4v) is 1.65. The summed E-state index contributed by atoms with van der Waals surface area (Å²) in [5, 5.41) is 12.8. The lowest BCUT2D eigenvalue weighted by Crippen LogP contribution is -2.30. The van der Waals surface area contributed by atoms with Crippen LogP contribution >= 0.6 is 0 Å². The van der Waals surface area contributed by atoms with Gasteiger partial charge in [0.25, 0.3) is 0 Å². The normalized spacial score (nSPS) is 17.3. The van der Waals surface area contributed by atoms with Crippen LogP contribution in [0.5, 0.6) is 0 Å². The minimum absolute atomic E-state index is 0.417. The van der Waals surface area contributed by atoms with E-state index < -0.39 is 6.10 Å². The number of nitrogens with one attached hydrogen (secondary N) is 1. The molecule has 0 radical (unpaired) electrons. The van der Waals surface area contributed by atoms with E-state index in [-0.39, 0.29) is 0 Å². The van der Waals surface area contributed by atoms with E-state index in [0.717, 1.165) is 23.8 Å². The maximum atomic E-state index is 9.66. The Morgan fingerprint density at radius 3 is 3.06 bits per heavy atom. The van der Waals surface area contributed by atoms with Gasteiger partial charge in [-0.2, -0.15) is 0 Å². The molecular weight excluding hydrogens is 218 g/mol. The minimum atomic E-state index is -0.441. The third-order valence-electron chi connectivity index (χ3n) is 2.99. The molecule has 96 valence electrons. The van der Waals surface area contributed by atoms with Crippen molar-refractivity contribution in [2.75, 3.05) is 19.8 Å². The van der Waals surface area contributed by atoms with E-state index in [1.165, 1.54) is 12.8 Å². The number of furan rings is 1. The Labute approximate surface area is 102 Å². The van der Waals surface area contributed by atoms with Gasteiger partial charge in [-0.15, -0.1) is 0 Å². The van der Waals surface area contributed by atoms with Crippen LogP contribution in [-0.4, -0.2) is 31.0 Å². The molecule has 1 saturated carbocycles. The number of rotatable bonds is 8. The predicted molar refractivity (Wildman–Crippen MR) is 64.7 cm³/mol. The van der Waals surface area contributed by atoms with Crippen LogP contribution in [0.15, 0.2) is 16.7 Å². The van der Waals surface area contributed by atoms with E-state index >= 15 is 0 Å². The number of aryl methyl sites for hydroxylation is 1. The summed E-state index contributed by atoms with van der Waals surface area (Å²) in [4.78, 5) is 0. The molecule has 1 fully saturated rings. The molecule has 17 heavy (non-hydrogen) atoms. The van der Waals surface area contributed by atoms with Gasteiger partial charge in [-0.3, -0.25) is 0 Å². The summed E-state index contributed by atoms with van der Waals surface area (Å²) in [6.07, 6.45) is 3.81. The van der Waals surface area contributed by atoms with Crippen LogP contribution < -0.4 is 5.32 Å². The van der Waals surface area contributed by atoms with Crippen molar-refractivity contribution in [1.82, 2.24) is 5.32 Å². The maximum absolute atomic E-state index is 9.66. The second kappa shape index (κ2) is 6.19. The maximum Gasteiger partial charge on any atom is 0.120 e. The zero-order chi connectivity index (χ0) is 12.1. The average molecular weight is 239 g/mol. The smallest absolute Gasteiger partial charge is 0.120 e. The molecule has 4 heteroatoms. The largest absolute Gasteiger partial charge is 0.468 e. The Morgan fingerprint density at radius 1 is 1.59 bits per heavy atom. The van der Waals surface area contributed by atoms with Gasteiger partial charge in [-0.1, -0.05) is 0 Å². The first-order chi connectivity index (χ1) is 8.25. The summed E-state index contributed by atoms with van der Waals surface area (Å²) in [6, 6.07) is 1.94. The van der Waals surface area contributed by atoms with Crippen molar-refractivity contribution in [3.8, 4) is 0 Å². The monoisotopic (exact) mass is 239 g/mol. The molecule has 1 aromatic heterocycles. The molecular formula is C13H21NO3. The Balaban J connectivity index is 1.53. The summed E-state index contributed by atoms with van der Waals surface area (Å²) < 4.78 is 10.7. The molecule has 0 amide bonds. The number of aliphatic hydroxyl groups excluding tert-OH is 1. The summed E-state index contributed by atoms with van der Waals surface area (Å²) in [5.74, 6) is 1.68. The molecule has 1 aliphatic rings. The lowest BCUT2D eigenvalue weighted by Gasteiger charge is -2.11. The Bertz CT molecular complexity index is 333. The fraction of sp³-hybridized carbons (Fsp3) is 0.692. The van der Waals surface area contributed by atoms with Gasteiger partial charge in [-0.25, -0.2) is 0 Å². The molecule has 2 N–H and O–H groups in total. The average Bonchev–Trinajstić information content (AvgIpc) is 3.03. The Hall–Kier alpha value is -0.840. The highest BCUT2D eigenvalue weighted by molar-refractivity contribution is 5.14. The van der Waals surface area contributed by atoms with Crippen LogP contribution in [0.1, 0.15) is 24.2 Å². The van der Waals surface area contributed by atoms with E-state index in [2.05, 4.69) is 5.32 Å². The predicted octanol–water partition coefficient (Wildman–Crippen LogP) is 1.47. The lowest BCUT2D eigenvalue weighted by molar-refractivity contribution is 0.0322. The van der Waals surface area contributed by atoms with Gasteiger partial charge in [0.1, 0.15) is 5.76 Å². The van der Waals surface area contributed by atoms with Gasteiger partial charge in [0.15, 0.2) is 0 Å². The van der Waals surface area contributed by atoms with E-state index in [1.54, 1.807) is 6.26 Å². The second-order valence-electron chi connectivity index (χ2n) is 4.79. The van der Waals surface area contributed by atoms with Gasteiger partial charge in [-0.05, 0) is 37.3 Å². The molecule has 1 unspecified atom stereocenters. The summed E-state index contributed by atoms with van der Waals surface area (Å²) in [6.45, 7) is 4.41. The highest BCUT2D eigenvalue weighted by atomic mass is 16.5. The molecule has 0 saturated heterocycles. The number of hydrogen-bond acceptors (Lipinski definition) is 4. The second-order valence-corrected chi connectivity index (χ2v) is 4.79. The van der Waals surface area contributed by atoms with Crippen LogP contribution in [0, 0.1) is 12.8 Å². The van der Waals surface area contributed by atoms with Crippen LogP contribution in [-0.2, 0) is 11.3 Å². The molecule has 0 bridgehead atoms. The van der Waals surface area contributed by atoms with Crippen molar-refractivity contribution in [2.24, 2.45) is 5.92 Å². The molecule has 0 aliphatic heterocycles.